The van der Waals surface area contributed by atoms with Gasteiger partial charge in [0, 0.05) is 5.03 Å². The number of alkyl halides is 1. The van der Waals surface area contributed by atoms with Crippen LogP contribution in [0.25, 0.3) is 6.08 Å². The lowest BCUT2D eigenvalue weighted by Crippen LogP contribution is -2.23. The molecule has 0 aromatic carbocycles. The van der Waals surface area contributed by atoms with Gasteiger partial charge in [0.05, 0.1) is 12.3 Å². The van der Waals surface area contributed by atoms with Crippen LogP contribution in [-0.4, -0.2) is 38.8 Å². The molecule has 1 aliphatic rings. The molecule has 1 aromatic rings. The fourth-order valence-corrected chi connectivity index (χ4v) is 1.88. The second-order valence-electron chi connectivity index (χ2n) is 3.61. The predicted octanol–water partition coefficient (Wildman–Crippen LogP) is 1.74. The fraction of sp³-hybridized carbons (Fsp3) is 0.273. The first-order chi connectivity index (χ1) is 8.95. The number of carbonyl (C=O) groups excluding carboxylic acids is 2. The maximum absolute atomic E-state index is 11.8. The molecule has 100 valence electrons. The van der Waals surface area contributed by atoms with Crippen LogP contribution in [0.4, 0.5) is 0 Å². The quantitative estimate of drug-likeness (QED) is 0.661. The monoisotopic (exact) mass is 302 g/mol. The van der Waals surface area contributed by atoms with E-state index in [9.17, 15) is 14.7 Å². The van der Waals surface area contributed by atoms with Gasteiger partial charge in [0.25, 0.3) is 0 Å². The second-order valence-corrected chi connectivity index (χ2v) is 4.48. The van der Waals surface area contributed by atoms with E-state index in [4.69, 9.17) is 27.9 Å². The Bertz CT molecular complexity index is 601. The van der Waals surface area contributed by atoms with Gasteiger partial charge in [-0.3, -0.25) is 4.79 Å². The lowest BCUT2D eigenvalue weighted by molar-refractivity contribution is 0.0514. The van der Waals surface area contributed by atoms with E-state index >= 15 is 0 Å². The highest BCUT2D eigenvalue weighted by Gasteiger charge is 2.32. The Balaban J connectivity index is 2.54. The topological polar surface area (TPSA) is 89.4 Å². The molecule has 0 saturated carbocycles. The summed E-state index contributed by atoms with van der Waals surface area (Å²) in [7, 11) is 0. The predicted molar refractivity (Wildman–Crippen MR) is 67.5 cm³/mol. The fourth-order valence-electron chi connectivity index (χ4n) is 1.51. The first-order valence-electron chi connectivity index (χ1n) is 5.29. The van der Waals surface area contributed by atoms with E-state index in [-0.39, 0.29) is 28.7 Å². The Morgan fingerprint density at radius 2 is 2.21 bits per heavy atom. The number of aromatic nitrogens is 2. The van der Waals surface area contributed by atoms with Crippen molar-refractivity contribution in [2.75, 3.05) is 6.61 Å². The van der Waals surface area contributed by atoms with Crippen LogP contribution in [0.1, 0.15) is 33.6 Å². The van der Waals surface area contributed by atoms with Gasteiger partial charge < -0.3 is 9.84 Å². The third-order valence-corrected chi connectivity index (χ3v) is 3.23. The summed E-state index contributed by atoms with van der Waals surface area (Å²) in [4.78, 5) is 30.8. The molecule has 2 rings (SSSR count). The van der Waals surface area contributed by atoms with Crippen molar-refractivity contribution in [3.63, 3.8) is 0 Å². The molecular formula is C11H8Cl2N2O4. The summed E-state index contributed by atoms with van der Waals surface area (Å²) in [5.41, 5.74) is -0.426. The number of halogens is 2. The number of rotatable bonds is 2. The van der Waals surface area contributed by atoms with Crippen LogP contribution < -0.4 is 0 Å². The lowest BCUT2D eigenvalue weighted by Gasteiger charge is -2.15. The molecule has 6 nitrogen and oxygen atoms in total. The first-order valence-corrected chi connectivity index (χ1v) is 6.10. The summed E-state index contributed by atoms with van der Waals surface area (Å²) in [5, 5.41) is 8.63. The SMILES string of the molecule is CCOC(=O)c1nc2c(nc1O)C(=O)C(Cl)C(Cl)=C2. The minimum Gasteiger partial charge on any atom is -0.492 e. The third kappa shape index (κ3) is 2.41. The van der Waals surface area contributed by atoms with Gasteiger partial charge in [-0.15, -0.1) is 11.6 Å². The maximum atomic E-state index is 11.8. The number of carbonyl (C=O) groups is 2. The van der Waals surface area contributed by atoms with Gasteiger partial charge in [0.1, 0.15) is 11.1 Å². The highest BCUT2D eigenvalue weighted by molar-refractivity contribution is 6.47. The van der Waals surface area contributed by atoms with Gasteiger partial charge >= 0.3 is 5.97 Å². The van der Waals surface area contributed by atoms with Gasteiger partial charge in [-0.1, -0.05) is 11.6 Å². The molecule has 1 aromatic heterocycles. The van der Waals surface area contributed by atoms with Crippen LogP contribution in [0.5, 0.6) is 5.88 Å². The lowest BCUT2D eigenvalue weighted by atomic mass is 10.1. The van der Waals surface area contributed by atoms with E-state index in [1.807, 2.05) is 0 Å². The number of esters is 1. The van der Waals surface area contributed by atoms with E-state index in [0.717, 1.165) is 0 Å². The molecule has 0 bridgehead atoms. The number of nitrogens with zero attached hydrogens (tertiary/aromatic N) is 2. The number of fused-ring (bicyclic) bond motifs is 1. The summed E-state index contributed by atoms with van der Waals surface area (Å²) in [6.45, 7) is 1.73. The molecule has 1 unspecified atom stereocenters. The zero-order valence-corrected chi connectivity index (χ0v) is 11.2. The minimum atomic E-state index is -1.06. The van der Waals surface area contributed by atoms with Crippen molar-refractivity contribution >= 4 is 41.0 Å². The van der Waals surface area contributed by atoms with Crippen LogP contribution in [0, 0.1) is 0 Å². The number of hydrogen-bond acceptors (Lipinski definition) is 6. The molecule has 1 N–H and O–H groups in total. The molecule has 8 heteroatoms. The molecule has 1 heterocycles. The number of ether oxygens (including phenoxy) is 1. The van der Waals surface area contributed by atoms with Gasteiger partial charge in [-0.2, -0.15) is 0 Å². The molecule has 0 saturated heterocycles. The van der Waals surface area contributed by atoms with E-state index in [1.54, 1.807) is 6.92 Å². The Labute approximate surface area is 118 Å². The molecule has 0 amide bonds. The third-order valence-electron chi connectivity index (χ3n) is 2.35. The van der Waals surface area contributed by atoms with Crippen molar-refractivity contribution in [3.8, 4) is 5.88 Å². The molecule has 1 atom stereocenters. The van der Waals surface area contributed by atoms with Gasteiger partial charge in [0.2, 0.25) is 17.4 Å². The number of aromatic hydroxyl groups is 1. The number of ketones is 1. The van der Waals surface area contributed by atoms with Crippen LogP contribution >= 0.6 is 23.2 Å². The Morgan fingerprint density at radius 1 is 1.53 bits per heavy atom. The summed E-state index contributed by atoms with van der Waals surface area (Å²) in [5.74, 6) is -2.09. The van der Waals surface area contributed by atoms with E-state index in [0.29, 0.717) is 0 Å². The second kappa shape index (κ2) is 5.14. The average Bonchev–Trinajstić information content (AvgIpc) is 2.37. The molecule has 0 aliphatic heterocycles. The zero-order valence-electron chi connectivity index (χ0n) is 9.68. The normalized spacial score (nSPS) is 17.7. The highest BCUT2D eigenvalue weighted by atomic mass is 35.5. The van der Waals surface area contributed by atoms with Crippen LogP contribution in [0.3, 0.4) is 0 Å². The number of allylic oxidation sites excluding steroid dienone is 1. The summed E-state index contributed by atoms with van der Waals surface area (Å²) in [6.07, 6.45) is 1.32. The van der Waals surface area contributed by atoms with Crippen LogP contribution in [-0.2, 0) is 4.74 Å². The average molecular weight is 303 g/mol. The van der Waals surface area contributed by atoms with Crippen molar-refractivity contribution < 1.29 is 19.4 Å². The zero-order chi connectivity index (χ0) is 14.2. The highest BCUT2D eigenvalue weighted by Crippen LogP contribution is 2.29. The van der Waals surface area contributed by atoms with Crippen molar-refractivity contribution in [2.24, 2.45) is 0 Å². The molecule has 19 heavy (non-hydrogen) atoms. The van der Waals surface area contributed by atoms with Crippen LogP contribution in [0.15, 0.2) is 5.03 Å². The standard InChI is InChI=1S/C11H8Cl2N2O4/c1-2-19-11(18)8-10(17)15-7-5(14-8)3-4(12)6(13)9(7)16/h3,6H,2H2,1H3,(H,15,17). The van der Waals surface area contributed by atoms with Gasteiger partial charge in [-0.05, 0) is 13.0 Å². The van der Waals surface area contributed by atoms with Gasteiger partial charge in [0.15, 0.2) is 0 Å². The van der Waals surface area contributed by atoms with Crippen molar-refractivity contribution in [1.82, 2.24) is 9.97 Å². The van der Waals surface area contributed by atoms with E-state index < -0.39 is 23.0 Å². The molecule has 1 aliphatic carbocycles. The van der Waals surface area contributed by atoms with E-state index in [2.05, 4.69) is 9.97 Å². The molecule has 0 radical (unpaired) electrons. The smallest absolute Gasteiger partial charge is 0.362 e. The summed E-state index contributed by atoms with van der Waals surface area (Å²) < 4.78 is 4.71. The molecule has 0 spiro atoms. The Morgan fingerprint density at radius 3 is 2.84 bits per heavy atom. The van der Waals surface area contributed by atoms with Crippen molar-refractivity contribution in [1.29, 1.82) is 0 Å². The van der Waals surface area contributed by atoms with Crippen molar-refractivity contribution in [2.45, 2.75) is 12.3 Å². The minimum absolute atomic E-state index is 0.0766. The van der Waals surface area contributed by atoms with Crippen molar-refractivity contribution in [3.05, 3.63) is 22.1 Å². The number of Topliss-reactive ketones (excluding diaryl/α,β-unsaturated/α-hetero) is 1. The van der Waals surface area contributed by atoms with E-state index in [1.165, 1.54) is 6.08 Å². The maximum Gasteiger partial charge on any atom is 0.362 e. The molecular weight excluding hydrogens is 295 g/mol. The summed E-state index contributed by atoms with van der Waals surface area (Å²) in [6, 6.07) is 0. The van der Waals surface area contributed by atoms with Gasteiger partial charge in [-0.25, -0.2) is 14.8 Å². The largest absolute Gasteiger partial charge is 0.492 e. The summed E-state index contributed by atoms with van der Waals surface area (Å²) >= 11 is 11.5. The Kier molecular flexibility index (Phi) is 3.73. The number of hydrogen-bond donors (Lipinski definition) is 1. The first kappa shape index (κ1) is 13.8. The Hall–Kier alpha value is -1.66. The van der Waals surface area contributed by atoms with Crippen LogP contribution in [0.2, 0.25) is 0 Å². The molecule has 0 fully saturated rings.